The van der Waals surface area contributed by atoms with Crippen molar-refractivity contribution in [3.8, 4) is 5.69 Å². The molecule has 2 aromatic heterocycles. The van der Waals surface area contributed by atoms with Gasteiger partial charge in [-0.1, -0.05) is 11.6 Å². The number of aromatic nitrogens is 5. The zero-order valence-corrected chi connectivity index (χ0v) is 11.4. The monoisotopic (exact) mass is 300 g/mol. The summed E-state index contributed by atoms with van der Waals surface area (Å²) in [7, 11) is 0. The molecule has 0 aliphatic carbocycles. The Morgan fingerprint density at radius 3 is 2.67 bits per heavy atom. The van der Waals surface area contributed by atoms with E-state index in [0.717, 1.165) is 5.69 Å². The van der Waals surface area contributed by atoms with Crippen LogP contribution in [0.3, 0.4) is 0 Å². The number of tetrazole rings is 1. The first-order valence-corrected chi connectivity index (χ1v) is 6.36. The Morgan fingerprint density at radius 1 is 1.19 bits per heavy atom. The first-order chi connectivity index (χ1) is 10.2. The molecule has 21 heavy (non-hydrogen) atoms. The minimum Gasteiger partial charge on any atom is -0.321 e. The van der Waals surface area contributed by atoms with E-state index in [1.54, 1.807) is 36.5 Å². The molecule has 1 N–H and O–H groups in total. The molecule has 0 saturated carbocycles. The molecular weight excluding hydrogens is 292 g/mol. The molecule has 0 aliphatic heterocycles. The van der Waals surface area contributed by atoms with Crippen LogP contribution in [0.4, 0.5) is 5.69 Å². The number of carbonyl (C=O) groups excluding carboxylic acids is 1. The Morgan fingerprint density at radius 2 is 2.00 bits per heavy atom. The van der Waals surface area contributed by atoms with E-state index in [1.165, 1.54) is 17.2 Å². The quantitative estimate of drug-likeness (QED) is 0.799. The lowest BCUT2D eigenvalue weighted by molar-refractivity contribution is 0.102. The van der Waals surface area contributed by atoms with Crippen molar-refractivity contribution in [2.45, 2.75) is 0 Å². The first-order valence-electron chi connectivity index (χ1n) is 5.98. The SMILES string of the molecule is O=C(Nc1ccncc1Cl)c1ccc(-n2cnnn2)cc1. The van der Waals surface area contributed by atoms with Gasteiger partial charge in [0.05, 0.1) is 16.4 Å². The molecule has 2 heterocycles. The minimum atomic E-state index is -0.258. The van der Waals surface area contributed by atoms with Crippen LogP contribution in [0.1, 0.15) is 10.4 Å². The molecule has 0 radical (unpaired) electrons. The molecule has 0 unspecified atom stereocenters. The van der Waals surface area contributed by atoms with E-state index in [9.17, 15) is 4.79 Å². The third-order valence-corrected chi connectivity index (χ3v) is 3.06. The van der Waals surface area contributed by atoms with Crippen LogP contribution in [0.15, 0.2) is 49.1 Å². The molecule has 7 nitrogen and oxygen atoms in total. The van der Waals surface area contributed by atoms with Crippen molar-refractivity contribution in [2.75, 3.05) is 5.32 Å². The van der Waals surface area contributed by atoms with E-state index < -0.39 is 0 Å². The molecule has 0 spiro atoms. The third-order valence-electron chi connectivity index (χ3n) is 2.76. The van der Waals surface area contributed by atoms with Gasteiger partial charge in [-0.25, -0.2) is 4.68 Å². The van der Waals surface area contributed by atoms with Crippen molar-refractivity contribution >= 4 is 23.2 Å². The Labute approximate surface area is 124 Å². The highest BCUT2D eigenvalue weighted by Crippen LogP contribution is 2.20. The Kier molecular flexibility index (Phi) is 3.57. The second kappa shape index (κ2) is 5.68. The zero-order valence-electron chi connectivity index (χ0n) is 10.6. The molecule has 1 aromatic carbocycles. The maximum atomic E-state index is 12.1. The number of benzene rings is 1. The number of hydrogen-bond donors (Lipinski definition) is 1. The summed E-state index contributed by atoms with van der Waals surface area (Å²) in [6.07, 6.45) is 4.51. The van der Waals surface area contributed by atoms with E-state index in [2.05, 4.69) is 25.8 Å². The van der Waals surface area contributed by atoms with Gasteiger partial charge in [0.2, 0.25) is 0 Å². The van der Waals surface area contributed by atoms with Gasteiger partial charge < -0.3 is 5.32 Å². The molecule has 3 rings (SSSR count). The molecule has 0 fully saturated rings. The summed E-state index contributed by atoms with van der Waals surface area (Å²) in [5, 5.41) is 14.0. The first kappa shape index (κ1) is 13.2. The van der Waals surface area contributed by atoms with Crippen LogP contribution in [0.2, 0.25) is 5.02 Å². The van der Waals surface area contributed by atoms with Gasteiger partial charge in [-0.3, -0.25) is 9.78 Å². The Bertz CT molecular complexity index is 757. The predicted molar refractivity (Wildman–Crippen MR) is 76.4 cm³/mol. The lowest BCUT2D eigenvalue weighted by Gasteiger charge is -2.07. The number of pyridine rings is 1. The van der Waals surface area contributed by atoms with Gasteiger partial charge in [0, 0.05) is 18.0 Å². The van der Waals surface area contributed by atoms with Gasteiger partial charge in [0.15, 0.2) is 0 Å². The fourth-order valence-corrected chi connectivity index (χ4v) is 1.88. The van der Waals surface area contributed by atoms with Gasteiger partial charge in [0.25, 0.3) is 5.91 Å². The highest BCUT2D eigenvalue weighted by atomic mass is 35.5. The number of carbonyl (C=O) groups is 1. The van der Waals surface area contributed by atoms with E-state index in [4.69, 9.17) is 11.6 Å². The van der Waals surface area contributed by atoms with Crippen LogP contribution in [0.25, 0.3) is 5.69 Å². The standard InChI is InChI=1S/C13H9ClN6O/c14-11-7-15-6-5-12(11)17-13(21)9-1-3-10(4-2-9)20-8-16-18-19-20/h1-8H,(H,15,17,21). The second-order valence-corrected chi connectivity index (χ2v) is 4.52. The number of nitrogens with zero attached hydrogens (tertiary/aromatic N) is 5. The number of hydrogen-bond acceptors (Lipinski definition) is 5. The van der Waals surface area contributed by atoms with Crippen LogP contribution < -0.4 is 5.32 Å². The maximum Gasteiger partial charge on any atom is 0.255 e. The molecule has 1 amide bonds. The summed E-state index contributed by atoms with van der Waals surface area (Å²) >= 11 is 5.95. The van der Waals surface area contributed by atoms with Gasteiger partial charge in [-0.15, -0.1) is 5.10 Å². The van der Waals surface area contributed by atoms with Crippen molar-refractivity contribution < 1.29 is 4.79 Å². The van der Waals surface area contributed by atoms with Gasteiger partial charge in [-0.2, -0.15) is 0 Å². The lowest BCUT2D eigenvalue weighted by atomic mass is 10.2. The molecule has 0 saturated heterocycles. The maximum absolute atomic E-state index is 12.1. The van der Waals surface area contributed by atoms with Crippen LogP contribution in [-0.2, 0) is 0 Å². The molecule has 0 atom stereocenters. The third kappa shape index (κ3) is 2.87. The number of rotatable bonds is 3. The van der Waals surface area contributed by atoms with Crippen molar-refractivity contribution in [1.82, 2.24) is 25.2 Å². The van der Waals surface area contributed by atoms with E-state index >= 15 is 0 Å². The van der Waals surface area contributed by atoms with Crippen molar-refractivity contribution in [2.24, 2.45) is 0 Å². The average molecular weight is 301 g/mol. The van der Waals surface area contributed by atoms with Crippen molar-refractivity contribution in [3.63, 3.8) is 0 Å². The van der Waals surface area contributed by atoms with Gasteiger partial charge >= 0.3 is 0 Å². The van der Waals surface area contributed by atoms with Gasteiger partial charge in [-0.05, 0) is 40.8 Å². The molecule has 8 heteroatoms. The Balaban J connectivity index is 1.78. The van der Waals surface area contributed by atoms with E-state index in [-0.39, 0.29) is 5.91 Å². The number of amides is 1. The highest BCUT2D eigenvalue weighted by Gasteiger charge is 2.08. The topological polar surface area (TPSA) is 85.6 Å². The highest BCUT2D eigenvalue weighted by molar-refractivity contribution is 6.33. The molecule has 0 aliphatic rings. The molecule has 0 bridgehead atoms. The number of nitrogens with one attached hydrogen (secondary N) is 1. The van der Waals surface area contributed by atoms with E-state index in [0.29, 0.717) is 16.3 Å². The summed E-state index contributed by atoms with van der Waals surface area (Å²) in [5.41, 5.74) is 1.78. The lowest BCUT2D eigenvalue weighted by Crippen LogP contribution is -2.12. The second-order valence-electron chi connectivity index (χ2n) is 4.11. The fourth-order valence-electron chi connectivity index (χ4n) is 1.72. The summed E-state index contributed by atoms with van der Waals surface area (Å²) in [6.45, 7) is 0. The molecular formula is C13H9ClN6O. The summed E-state index contributed by atoms with van der Waals surface area (Å²) in [6, 6.07) is 8.50. The fraction of sp³-hybridized carbons (Fsp3) is 0. The van der Waals surface area contributed by atoms with Crippen LogP contribution in [0.5, 0.6) is 0 Å². The minimum absolute atomic E-state index is 0.258. The Hall–Kier alpha value is -2.80. The molecule has 3 aromatic rings. The number of anilines is 1. The summed E-state index contributed by atoms with van der Waals surface area (Å²) in [5.74, 6) is -0.258. The normalized spacial score (nSPS) is 10.3. The molecule has 104 valence electrons. The largest absolute Gasteiger partial charge is 0.321 e. The van der Waals surface area contributed by atoms with Gasteiger partial charge in [0.1, 0.15) is 6.33 Å². The predicted octanol–water partition coefficient (Wildman–Crippen LogP) is 1.96. The van der Waals surface area contributed by atoms with Crippen LogP contribution in [0, 0.1) is 0 Å². The number of halogens is 1. The van der Waals surface area contributed by atoms with Crippen LogP contribution >= 0.6 is 11.6 Å². The smallest absolute Gasteiger partial charge is 0.255 e. The summed E-state index contributed by atoms with van der Waals surface area (Å²) < 4.78 is 1.50. The summed E-state index contributed by atoms with van der Waals surface area (Å²) in [4.78, 5) is 16.0. The van der Waals surface area contributed by atoms with E-state index in [1.807, 2.05) is 0 Å². The van der Waals surface area contributed by atoms with Crippen molar-refractivity contribution in [1.29, 1.82) is 0 Å². The van der Waals surface area contributed by atoms with Crippen molar-refractivity contribution in [3.05, 3.63) is 59.6 Å². The zero-order chi connectivity index (χ0) is 14.7. The average Bonchev–Trinajstić information content (AvgIpc) is 3.04. The van der Waals surface area contributed by atoms with Crippen LogP contribution in [-0.4, -0.2) is 31.1 Å².